The number of hydrogen-bond acceptors (Lipinski definition) is 0. The van der Waals surface area contributed by atoms with Gasteiger partial charge in [-0.05, 0) is 30.4 Å². The number of unbranched alkanes of at least 4 members (excludes halogenated alkanes) is 2. The maximum atomic E-state index is 5.32. The molecule has 0 amide bonds. The van der Waals surface area contributed by atoms with E-state index in [1.165, 1.54) is 44.1 Å². The summed E-state index contributed by atoms with van der Waals surface area (Å²) < 4.78 is 0. The molecule has 1 atom stereocenters. The van der Waals surface area contributed by atoms with E-state index in [-0.39, 0.29) is 0 Å². The van der Waals surface area contributed by atoms with Crippen molar-refractivity contribution in [2.45, 2.75) is 63.7 Å². The van der Waals surface area contributed by atoms with E-state index >= 15 is 0 Å². The fourth-order valence-electron chi connectivity index (χ4n) is 2.24. The summed E-state index contributed by atoms with van der Waals surface area (Å²) in [6, 6.07) is 8.33. The second kappa shape index (κ2) is 8.52. The van der Waals surface area contributed by atoms with Gasteiger partial charge in [-0.25, -0.2) is 0 Å². The lowest BCUT2D eigenvalue weighted by molar-refractivity contribution is 0.450. The molecule has 0 nitrogen and oxygen atoms in total. The molecule has 0 aliphatic rings. The van der Waals surface area contributed by atoms with Crippen LogP contribution in [0.4, 0.5) is 0 Å². The molecule has 1 aromatic rings. The number of benzene rings is 1. The van der Waals surface area contributed by atoms with Crippen LogP contribution in [0.1, 0.15) is 57.9 Å². The third kappa shape index (κ3) is 6.07. The van der Waals surface area contributed by atoms with Crippen LogP contribution in [0.3, 0.4) is 0 Å². The average molecular weight is 249 g/mol. The standard InChI is InChI=1S/C16H25S/c1-3-4-5-9-14(2)10-8-12-15-11-6-7-13-16(15)17/h6-7,11,13-14H,3-5,8-10,12H2,1-2H3. The Bertz CT molecular complexity index is 306. The molecular weight excluding hydrogens is 224 g/mol. The minimum atomic E-state index is 0.874. The Morgan fingerprint density at radius 3 is 2.47 bits per heavy atom. The van der Waals surface area contributed by atoms with Crippen LogP contribution in [0.25, 0.3) is 0 Å². The molecular formula is C16H25S. The molecule has 0 aliphatic carbocycles. The molecule has 0 N–H and O–H groups in total. The van der Waals surface area contributed by atoms with Crippen molar-refractivity contribution in [3.8, 4) is 0 Å². The SMILES string of the molecule is CCCCCC(C)CCCc1ccccc1[S]. The first-order chi connectivity index (χ1) is 8.24. The highest BCUT2D eigenvalue weighted by Crippen LogP contribution is 2.19. The highest BCUT2D eigenvalue weighted by atomic mass is 32.1. The quantitative estimate of drug-likeness (QED) is 0.512. The Balaban J connectivity index is 2.17. The second-order valence-electron chi connectivity index (χ2n) is 5.10. The summed E-state index contributed by atoms with van der Waals surface area (Å²) in [5, 5.41) is 0. The molecule has 1 unspecified atom stereocenters. The molecule has 0 heterocycles. The molecule has 0 aliphatic heterocycles. The zero-order valence-corrected chi connectivity index (χ0v) is 12.1. The highest BCUT2D eigenvalue weighted by molar-refractivity contribution is 7.80. The van der Waals surface area contributed by atoms with Crippen LogP contribution in [0.15, 0.2) is 29.2 Å². The van der Waals surface area contributed by atoms with Crippen molar-refractivity contribution in [2.75, 3.05) is 0 Å². The van der Waals surface area contributed by atoms with Gasteiger partial charge in [0.15, 0.2) is 0 Å². The van der Waals surface area contributed by atoms with Gasteiger partial charge in [0.1, 0.15) is 0 Å². The Morgan fingerprint density at radius 1 is 1.06 bits per heavy atom. The topological polar surface area (TPSA) is 0 Å². The number of aryl methyl sites for hydroxylation is 1. The molecule has 0 saturated heterocycles. The first-order valence-electron chi connectivity index (χ1n) is 6.99. The molecule has 0 bridgehead atoms. The van der Waals surface area contributed by atoms with Gasteiger partial charge in [-0.3, -0.25) is 0 Å². The zero-order chi connectivity index (χ0) is 12.5. The molecule has 1 heteroatoms. The van der Waals surface area contributed by atoms with E-state index in [1.807, 2.05) is 12.1 Å². The van der Waals surface area contributed by atoms with Crippen molar-refractivity contribution < 1.29 is 0 Å². The maximum Gasteiger partial charge on any atom is 0.0409 e. The molecule has 1 radical (unpaired) electrons. The van der Waals surface area contributed by atoms with Crippen molar-refractivity contribution in [1.29, 1.82) is 0 Å². The number of hydrogen-bond donors (Lipinski definition) is 0. The molecule has 1 rings (SSSR count). The molecule has 0 saturated carbocycles. The molecule has 0 aromatic heterocycles. The minimum absolute atomic E-state index is 0.874. The summed E-state index contributed by atoms with van der Waals surface area (Å²) in [5.74, 6) is 0.874. The summed E-state index contributed by atoms with van der Waals surface area (Å²) in [6.07, 6.45) is 9.28. The van der Waals surface area contributed by atoms with Crippen molar-refractivity contribution in [2.24, 2.45) is 5.92 Å². The summed E-state index contributed by atoms with van der Waals surface area (Å²) in [6.45, 7) is 4.65. The number of rotatable bonds is 8. The van der Waals surface area contributed by atoms with Gasteiger partial charge in [0.25, 0.3) is 0 Å². The maximum absolute atomic E-state index is 5.32. The van der Waals surface area contributed by atoms with Gasteiger partial charge in [0.05, 0.1) is 0 Å². The van der Waals surface area contributed by atoms with Crippen LogP contribution in [0.5, 0.6) is 0 Å². The van der Waals surface area contributed by atoms with Gasteiger partial charge in [0.2, 0.25) is 0 Å². The average Bonchev–Trinajstić information content (AvgIpc) is 2.32. The van der Waals surface area contributed by atoms with Crippen LogP contribution in [0.2, 0.25) is 0 Å². The van der Waals surface area contributed by atoms with Gasteiger partial charge < -0.3 is 0 Å². The van der Waals surface area contributed by atoms with Crippen LogP contribution in [-0.4, -0.2) is 0 Å². The van der Waals surface area contributed by atoms with Crippen molar-refractivity contribution >= 4 is 12.6 Å². The molecule has 0 fully saturated rings. The first-order valence-corrected chi connectivity index (χ1v) is 7.39. The summed E-state index contributed by atoms with van der Waals surface area (Å²) >= 11 is 5.32. The van der Waals surface area contributed by atoms with Gasteiger partial charge in [-0.15, -0.1) is 0 Å². The van der Waals surface area contributed by atoms with Gasteiger partial charge in [0, 0.05) is 4.90 Å². The smallest absolute Gasteiger partial charge is 0.0409 e. The summed E-state index contributed by atoms with van der Waals surface area (Å²) in [4.78, 5) is 1.03. The van der Waals surface area contributed by atoms with Gasteiger partial charge >= 0.3 is 0 Å². The minimum Gasteiger partial charge on any atom is -0.0798 e. The van der Waals surface area contributed by atoms with E-state index in [4.69, 9.17) is 12.6 Å². The van der Waals surface area contributed by atoms with E-state index in [1.54, 1.807) is 0 Å². The first kappa shape index (κ1) is 14.5. The fraction of sp³-hybridized carbons (Fsp3) is 0.625. The summed E-state index contributed by atoms with van der Waals surface area (Å²) in [7, 11) is 0. The van der Waals surface area contributed by atoms with Gasteiger partial charge in [-0.2, -0.15) is 0 Å². The van der Waals surface area contributed by atoms with Crippen LogP contribution < -0.4 is 0 Å². The van der Waals surface area contributed by atoms with Crippen LogP contribution in [-0.2, 0) is 6.42 Å². The lowest BCUT2D eigenvalue weighted by Gasteiger charge is -2.11. The van der Waals surface area contributed by atoms with Crippen LogP contribution >= 0.6 is 12.6 Å². The van der Waals surface area contributed by atoms with Gasteiger partial charge in [-0.1, -0.05) is 76.8 Å². The molecule has 1 aromatic carbocycles. The second-order valence-corrected chi connectivity index (χ2v) is 5.54. The Hall–Kier alpha value is -0.560. The van der Waals surface area contributed by atoms with E-state index in [2.05, 4.69) is 26.0 Å². The molecule has 17 heavy (non-hydrogen) atoms. The highest BCUT2D eigenvalue weighted by Gasteiger charge is 2.03. The fourth-order valence-corrected chi connectivity index (χ4v) is 2.49. The summed E-state index contributed by atoms with van der Waals surface area (Å²) in [5.41, 5.74) is 1.35. The third-order valence-corrected chi connectivity index (χ3v) is 3.81. The lowest BCUT2D eigenvalue weighted by atomic mass is 9.96. The van der Waals surface area contributed by atoms with Crippen molar-refractivity contribution in [3.05, 3.63) is 29.8 Å². The van der Waals surface area contributed by atoms with Crippen molar-refractivity contribution in [3.63, 3.8) is 0 Å². The predicted molar refractivity (Wildman–Crippen MR) is 78.5 cm³/mol. The normalized spacial score (nSPS) is 12.6. The molecule has 0 spiro atoms. The predicted octanol–water partition coefficient (Wildman–Crippen LogP) is 5.78. The third-order valence-electron chi connectivity index (χ3n) is 3.42. The van der Waals surface area contributed by atoms with E-state index in [0.29, 0.717) is 0 Å². The largest absolute Gasteiger partial charge is 0.0798 e. The van der Waals surface area contributed by atoms with E-state index in [0.717, 1.165) is 17.2 Å². The van der Waals surface area contributed by atoms with Crippen molar-refractivity contribution in [1.82, 2.24) is 0 Å². The zero-order valence-electron chi connectivity index (χ0n) is 11.2. The van der Waals surface area contributed by atoms with E-state index in [9.17, 15) is 0 Å². The van der Waals surface area contributed by atoms with Crippen LogP contribution in [0, 0.1) is 5.92 Å². The Morgan fingerprint density at radius 2 is 1.76 bits per heavy atom. The molecule has 95 valence electrons. The Kier molecular flexibility index (Phi) is 7.27. The lowest BCUT2D eigenvalue weighted by Crippen LogP contribution is -1.97. The van der Waals surface area contributed by atoms with E-state index < -0.39 is 0 Å². The Labute approximate surface area is 112 Å². The monoisotopic (exact) mass is 249 g/mol.